The number of nitrogens with one attached hydrogen (secondary N) is 1. The van der Waals surface area contributed by atoms with Crippen LogP contribution in [-0.2, 0) is 9.47 Å². The standard InChI is InChI=1S/C26H29N3O5/c1-4-19(17-30)8-9-20-6-5-7-21(14-20)29-26-22-15-24(33-12-10-31-2)25(34-13-11-32-3)16-23(22)27-18-28-26/h4-7,14-16,18-19,30H,1,10-13,17H2,2-3H3,(H,27,28,29). The van der Waals surface area contributed by atoms with Crippen LogP contribution in [0.3, 0.4) is 0 Å². The lowest BCUT2D eigenvalue weighted by Crippen LogP contribution is -2.09. The van der Waals surface area contributed by atoms with Gasteiger partial charge in [-0.1, -0.05) is 24.0 Å². The molecule has 0 fully saturated rings. The first kappa shape index (κ1) is 25.0. The third-order valence-electron chi connectivity index (χ3n) is 4.80. The fourth-order valence-corrected chi connectivity index (χ4v) is 3.03. The van der Waals surface area contributed by atoms with Gasteiger partial charge in [0.1, 0.15) is 25.4 Å². The number of rotatable bonds is 12. The molecule has 0 amide bonds. The zero-order valence-corrected chi connectivity index (χ0v) is 19.4. The first-order valence-corrected chi connectivity index (χ1v) is 10.8. The second-order valence-corrected chi connectivity index (χ2v) is 7.22. The van der Waals surface area contributed by atoms with E-state index in [0.717, 1.165) is 16.6 Å². The van der Waals surface area contributed by atoms with Gasteiger partial charge in [-0.3, -0.25) is 0 Å². The summed E-state index contributed by atoms with van der Waals surface area (Å²) < 4.78 is 21.9. The number of aliphatic hydroxyl groups is 1. The number of hydrogen-bond donors (Lipinski definition) is 2. The zero-order chi connectivity index (χ0) is 24.2. The van der Waals surface area contributed by atoms with Crippen molar-refractivity contribution in [2.24, 2.45) is 5.92 Å². The molecule has 0 saturated carbocycles. The van der Waals surface area contributed by atoms with Crippen LogP contribution in [-0.4, -0.2) is 62.3 Å². The van der Waals surface area contributed by atoms with Crippen LogP contribution >= 0.6 is 0 Å². The van der Waals surface area contributed by atoms with E-state index in [-0.39, 0.29) is 12.5 Å². The molecule has 34 heavy (non-hydrogen) atoms. The number of aromatic nitrogens is 2. The van der Waals surface area contributed by atoms with Gasteiger partial charge in [-0.15, -0.1) is 6.58 Å². The van der Waals surface area contributed by atoms with Gasteiger partial charge in [0, 0.05) is 36.9 Å². The summed E-state index contributed by atoms with van der Waals surface area (Å²) in [6, 6.07) is 11.3. The van der Waals surface area contributed by atoms with E-state index in [1.165, 1.54) is 6.33 Å². The molecule has 0 radical (unpaired) electrons. The number of ether oxygens (including phenoxy) is 4. The van der Waals surface area contributed by atoms with Gasteiger partial charge in [0.05, 0.1) is 31.3 Å². The minimum absolute atomic E-state index is 0.0622. The zero-order valence-electron chi connectivity index (χ0n) is 19.4. The Kier molecular flexibility index (Phi) is 9.67. The molecular weight excluding hydrogens is 434 g/mol. The fraction of sp³-hybridized carbons (Fsp3) is 0.308. The normalized spacial score (nSPS) is 11.4. The highest BCUT2D eigenvalue weighted by Gasteiger charge is 2.13. The summed E-state index contributed by atoms with van der Waals surface area (Å²) in [5.74, 6) is 7.56. The van der Waals surface area contributed by atoms with Crippen molar-refractivity contribution in [3.05, 3.63) is 60.9 Å². The van der Waals surface area contributed by atoms with Crippen molar-refractivity contribution < 1.29 is 24.1 Å². The third kappa shape index (κ3) is 6.93. The molecule has 3 aromatic rings. The molecule has 0 spiro atoms. The lowest BCUT2D eigenvalue weighted by atomic mass is 10.1. The van der Waals surface area contributed by atoms with Crippen LogP contribution in [0.15, 0.2) is 55.4 Å². The van der Waals surface area contributed by atoms with E-state index >= 15 is 0 Å². The van der Waals surface area contributed by atoms with E-state index < -0.39 is 0 Å². The quantitative estimate of drug-likeness (QED) is 0.239. The Morgan fingerprint density at radius 1 is 1.03 bits per heavy atom. The van der Waals surface area contributed by atoms with E-state index in [1.54, 1.807) is 20.3 Å². The molecule has 8 nitrogen and oxygen atoms in total. The summed E-state index contributed by atoms with van der Waals surface area (Å²) >= 11 is 0. The highest BCUT2D eigenvalue weighted by Crippen LogP contribution is 2.35. The Bertz CT molecular complexity index is 1160. The summed E-state index contributed by atoms with van der Waals surface area (Å²) in [6.07, 6.45) is 3.12. The molecule has 0 aliphatic heterocycles. The van der Waals surface area contributed by atoms with Crippen LogP contribution < -0.4 is 14.8 Å². The second-order valence-electron chi connectivity index (χ2n) is 7.22. The summed E-state index contributed by atoms with van der Waals surface area (Å²) in [6.45, 7) is 5.28. The maximum Gasteiger partial charge on any atom is 0.163 e. The second kappa shape index (κ2) is 13.2. The molecule has 0 aliphatic rings. The molecule has 1 unspecified atom stereocenters. The van der Waals surface area contributed by atoms with Gasteiger partial charge in [-0.25, -0.2) is 9.97 Å². The van der Waals surface area contributed by atoms with Crippen molar-refractivity contribution in [3.8, 4) is 23.3 Å². The van der Waals surface area contributed by atoms with E-state index in [1.807, 2.05) is 36.4 Å². The number of anilines is 2. The van der Waals surface area contributed by atoms with Crippen LogP contribution in [0.25, 0.3) is 10.9 Å². The Hall–Kier alpha value is -3.64. The van der Waals surface area contributed by atoms with Crippen LogP contribution in [0.2, 0.25) is 0 Å². The molecule has 8 heteroatoms. The molecule has 1 heterocycles. The van der Waals surface area contributed by atoms with Crippen molar-refractivity contribution >= 4 is 22.4 Å². The summed E-state index contributed by atoms with van der Waals surface area (Å²) in [5.41, 5.74) is 2.33. The van der Waals surface area contributed by atoms with Crippen LogP contribution in [0, 0.1) is 17.8 Å². The van der Waals surface area contributed by atoms with Gasteiger partial charge < -0.3 is 29.4 Å². The van der Waals surface area contributed by atoms with E-state index in [4.69, 9.17) is 18.9 Å². The molecular formula is C26H29N3O5. The minimum atomic E-state index is -0.265. The van der Waals surface area contributed by atoms with Gasteiger partial charge in [0.15, 0.2) is 11.5 Å². The SMILES string of the molecule is C=CC(C#Cc1cccc(Nc2ncnc3cc(OCCOC)c(OCCOC)cc23)c1)CO. The van der Waals surface area contributed by atoms with Crippen molar-refractivity contribution in [1.82, 2.24) is 9.97 Å². The van der Waals surface area contributed by atoms with Crippen molar-refractivity contribution in [1.29, 1.82) is 0 Å². The number of methoxy groups -OCH3 is 2. The largest absolute Gasteiger partial charge is 0.487 e. The highest BCUT2D eigenvalue weighted by atomic mass is 16.5. The molecule has 0 aliphatic carbocycles. The summed E-state index contributed by atoms with van der Waals surface area (Å²) in [5, 5.41) is 13.4. The van der Waals surface area contributed by atoms with Gasteiger partial charge in [0.25, 0.3) is 0 Å². The topological polar surface area (TPSA) is 95.0 Å². The van der Waals surface area contributed by atoms with Crippen LogP contribution in [0.5, 0.6) is 11.5 Å². The molecule has 0 saturated heterocycles. The van der Waals surface area contributed by atoms with Gasteiger partial charge >= 0.3 is 0 Å². The summed E-state index contributed by atoms with van der Waals surface area (Å²) in [7, 11) is 3.24. The molecule has 178 valence electrons. The van der Waals surface area contributed by atoms with Crippen molar-refractivity contribution in [2.75, 3.05) is 52.6 Å². The van der Waals surface area contributed by atoms with Gasteiger partial charge in [0.2, 0.25) is 0 Å². The maximum atomic E-state index is 9.29. The van der Waals surface area contributed by atoms with Crippen molar-refractivity contribution in [2.45, 2.75) is 0 Å². The monoisotopic (exact) mass is 463 g/mol. The molecule has 1 atom stereocenters. The average Bonchev–Trinajstić information content (AvgIpc) is 2.86. The number of nitrogens with zero attached hydrogens (tertiary/aromatic N) is 2. The Balaban J connectivity index is 1.91. The highest BCUT2D eigenvalue weighted by molar-refractivity contribution is 5.93. The Labute approximate surface area is 199 Å². The minimum Gasteiger partial charge on any atom is -0.487 e. The predicted molar refractivity (Wildman–Crippen MR) is 132 cm³/mol. The molecule has 2 aromatic carbocycles. The first-order valence-electron chi connectivity index (χ1n) is 10.8. The smallest absolute Gasteiger partial charge is 0.163 e. The van der Waals surface area contributed by atoms with Crippen LogP contribution in [0.1, 0.15) is 5.56 Å². The number of fused-ring (bicyclic) bond motifs is 1. The Morgan fingerprint density at radius 2 is 1.76 bits per heavy atom. The molecule has 1 aromatic heterocycles. The van der Waals surface area contributed by atoms with Crippen molar-refractivity contribution in [3.63, 3.8) is 0 Å². The van der Waals surface area contributed by atoms with E-state index in [9.17, 15) is 5.11 Å². The maximum absolute atomic E-state index is 9.29. The van der Waals surface area contributed by atoms with Crippen LogP contribution in [0.4, 0.5) is 11.5 Å². The van der Waals surface area contributed by atoms with Gasteiger partial charge in [-0.2, -0.15) is 0 Å². The lowest BCUT2D eigenvalue weighted by Gasteiger charge is -2.15. The van der Waals surface area contributed by atoms with E-state index in [0.29, 0.717) is 49.3 Å². The fourth-order valence-electron chi connectivity index (χ4n) is 3.03. The first-order chi connectivity index (χ1) is 16.7. The van der Waals surface area contributed by atoms with E-state index in [2.05, 4.69) is 33.7 Å². The third-order valence-corrected chi connectivity index (χ3v) is 4.80. The average molecular weight is 464 g/mol. The number of benzene rings is 2. The molecule has 0 bridgehead atoms. The number of aliphatic hydroxyl groups excluding tert-OH is 1. The predicted octanol–water partition coefficient (Wildman–Crippen LogP) is 3.57. The summed E-state index contributed by atoms with van der Waals surface area (Å²) in [4.78, 5) is 8.83. The Morgan fingerprint density at radius 3 is 2.44 bits per heavy atom. The number of hydrogen-bond acceptors (Lipinski definition) is 8. The molecule has 3 rings (SSSR count). The molecule has 2 N–H and O–H groups in total. The van der Waals surface area contributed by atoms with Gasteiger partial charge in [-0.05, 0) is 24.3 Å². The lowest BCUT2D eigenvalue weighted by molar-refractivity contribution is 0.132.